The van der Waals surface area contributed by atoms with E-state index >= 15 is 0 Å². The van der Waals surface area contributed by atoms with Crippen LogP contribution in [0.5, 0.6) is 0 Å². The second-order valence-electron chi connectivity index (χ2n) is 6.45. The van der Waals surface area contributed by atoms with Crippen LogP contribution in [0.25, 0.3) is 5.69 Å². The van der Waals surface area contributed by atoms with Crippen molar-refractivity contribution in [3.8, 4) is 5.69 Å². The van der Waals surface area contributed by atoms with Gasteiger partial charge in [-0.1, -0.05) is 11.6 Å². The van der Waals surface area contributed by atoms with Gasteiger partial charge in [-0.3, -0.25) is 4.79 Å². The van der Waals surface area contributed by atoms with E-state index in [0.717, 1.165) is 0 Å². The summed E-state index contributed by atoms with van der Waals surface area (Å²) in [7, 11) is 0. The Morgan fingerprint density at radius 2 is 1.87 bits per heavy atom. The third kappa shape index (κ3) is 5.10. The zero-order valence-electron chi connectivity index (χ0n) is 16.7. The topological polar surface area (TPSA) is 129 Å². The smallest absolute Gasteiger partial charge is 0.363 e. The maximum absolute atomic E-state index is 12.6. The van der Waals surface area contributed by atoms with Crippen molar-refractivity contribution in [1.29, 1.82) is 0 Å². The zero-order chi connectivity index (χ0) is 22.5. The summed E-state index contributed by atoms with van der Waals surface area (Å²) in [4.78, 5) is 48.5. The lowest BCUT2D eigenvalue weighted by molar-refractivity contribution is -0.138. The molecule has 1 aromatic carbocycles. The van der Waals surface area contributed by atoms with Gasteiger partial charge in [-0.05, 0) is 38.1 Å². The molecule has 0 fully saturated rings. The van der Waals surface area contributed by atoms with E-state index in [0.29, 0.717) is 16.4 Å². The van der Waals surface area contributed by atoms with E-state index in [1.807, 2.05) is 0 Å². The second-order valence-corrected chi connectivity index (χ2v) is 6.88. The molecule has 0 saturated heterocycles. The molecule has 2 N–H and O–H groups in total. The molecular formula is C20H19ClN4O6. The first kappa shape index (κ1) is 22.0. The molecule has 10 nitrogen and oxygen atoms in total. The highest BCUT2D eigenvalue weighted by Gasteiger charge is 2.25. The highest BCUT2D eigenvalue weighted by atomic mass is 35.5. The number of benzene rings is 1. The van der Waals surface area contributed by atoms with Crippen molar-refractivity contribution in [1.82, 2.24) is 20.4 Å². The highest BCUT2D eigenvalue weighted by molar-refractivity contribution is 6.30. The van der Waals surface area contributed by atoms with Gasteiger partial charge in [0.25, 0.3) is 0 Å². The number of amides is 2. The van der Waals surface area contributed by atoms with Gasteiger partial charge in [-0.25, -0.2) is 19.1 Å². The molecule has 1 aliphatic rings. The van der Waals surface area contributed by atoms with Crippen molar-refractivity contribution in [3.05, 3.63) is 68.2 Å². The van der Waals surface area contributed by atoms with Gasteiger partial charge in [0.1, 0.15) is 6.61 Å². The van der Waals surface area contributed by atoms with E-state index in [4.69, 9.17) is 21.1 Å². The standard InChI is InChI=1S/C20H19ClN4O6/c1-3-30-18(27)14-9-22-20(29)23-15(14)10-31-19(28)17-16(26)8-11(2)25(24-17)13-6-4-12(21)5-7-13/h4-8H,3,9-10H2,1-2H3,(H2,22,23,29). The summed E-state index contributed by atoms with van der Waals surface area (Å²) < 4.78 is 11.5. The quantitative estimate of drug-likeness (QED) is 0.643. The Kier molecular flexibility index (Phi) is 6.71. The second kappa shape index (κ2) is 9.43. The van der Waals surface area contributed by atoms with Gasteiger partial charge in [0.15, 0.2) is 0 Å². The fourth-order valence-corrected chi connectivity index (χ4v) is 2.93. The van der Waals surface area contributed by atoms with Crippen LogP contribution in [-0.4, -0.2) is 47.5 Å². The predicted molar refractivity (Wildman–Crippen MR) is 110 cm³/mol. The normalized spacial score (nSPS) is 13.3. The van der Waals surface area contributed by atoms with Gasteiger partial charge in [0.05, 0.1) is 30.1 Å². The van der Waals surface area contributed by atoms with Gasteiger partial charge >= 0.3 is 18.0 Å². The monoisotopic (exact) mass is 446 g/mol. The van der Waals surface area contributed by atoms with Crippen molar-refractivity contribution in [2.45, 2.75) is 13.8 Å². The average molecular weight is 447 g/mol. The summed E-state index contributed by atoms with van der Waals surface area (Å²) in [5, 5.41) is 9.49. The number of carbonyl (C=O) groups excluding carboxylic acids is 3. The number of aryl methyl sites for hydroxylation is 1. The predicted octanol–water partition coefficient (Wildman–Crippen LogP) is 1.48. The van der Waals surface area contributed by atoms with Crippen LogP contribution in [0.2, 0.25) is 5.02 Å². The lowest BCUT2D eigenvalue weighted by Gasteiger charge is -2.21. The third-order valence-corrected chi connectivity index (χ3v) is 4.55. The summed E-state index contributed by atoms with van der Waals surface area (Å²) in [6.45, 7) is 2.92. The lowest BCUT2D eigenvalue weighted by atomic mass is 10.1. The SMILES string of the molecule is CCOC(=O)C1=C(COC(=O)c2nn(-c3ccc(Cl)cc3)c(C)cc2=O)NC(=O)NC1. The van der Waals surface area contributed by atoms with Gasteiger partial charge < -0.3 is 20.1 Å². The fraction of sp³-hybridized carbons (Fsp3) is 0.250. The van der Waals surface area contributed by atoms with Crippen LogP contribution in [0.3, 0.4) is 0 Å². The molecule has 0 spiro atoms. The molecule has 0 bridgehead atoms. The van der Waals surface area contributed by atoms with Crippen molar-refractivity contribution >= 4 is 29.6 Å². The van der Waals surface area contributed by atoms with Crippen LogP contribution in [0, 0.1) is 6.92 Å². The summed E-state index contributed by atoms with van der Waals surface area (Å²) in [5.41, 5.74) is 0.210. The Hall–Kier alpha value is -3.66. The molecule has 2 heterocycles. The molecule has 2 aromatic rings. The average Bonchev–Trinajstić information content (AvgIpc) is 2.73. The molecule has 2 amide bonds. The minimum atomic E-state index is -1.00. The van der Waals surface area contributed by atoms with Crippen LogP contribution < -0.4 is 16.1 Å². The third-order valence-electron chi connectivity index (χ3n) is 4.30. The molecule has 162 valence electrons. The first-order valence-electron chi connectivity index (χ1n) is 9.28. The minimum Gasteiger partial charge on any atom is -0.463 e. The van der Waals surface area contributed by atoms with Gasteiger partial charge in [-0.2, -0.15) is 5.10 Å². The van der Waals surface area contributed by atoms with E-state index in [-0.39, 0.29) is 24.4 Å². The van der Waals surface area contributed by atoms with Crippen LogP contribution in [-0.2, 0) is 14.3 Å². The molecule has 31 heavy (non-hydrogen) atoms. The lowest BCUT2D eigenvalue weighted by Crippen LogP contribution is -2.45. The summed E-state index contributed by atoms with van der Waals surface area (Å²) in [6, 6.07) is 7.37. The number of aromatic nitrogens is 2. The van der Waals surface area contributed by atoms with Crippen molar-refractivity contribution in [2.75, 3.05) is 19.8 Å². The van der Waals surface area contributed by atoms with E-state index in [2.05, 4.69) is 15.7 Å². The number of halogens is 1. The molecule has 0 radical (unpaired) electrons. The van der Waals surface area contributed by atoms with Crippen LogP contribution >= 0.6 is 11.6 Å². The maximum atomic E-state index is 12.6. The number of hydrogen-bond donors (Lipinski definition) is 2. The Morgan fingerprint density at radius 3 is 2.55 bits per heavy atom. The minimum absolute atomic E-state index is 0.0701. The van der Waals surface area contributed by atoms with Crippen LogP contribution in [0.15, 0.2) is 46.4 Å². The largest absolute Gasteiger partial charge is 0.463 e. The molecular weight excluding hydrogens is 428 g/mol. The van der Waals surface area contributed by atoms with Crippen molar-refractivity contribution < 1.29 is 23.9 Å². The van der Waals surface area contributed by atoms with Crippen molar-refractivity contribution in [3.63, 3.8) is 0 Å². The number of ether oxygens (including phenoxy) is 2. The number of hydrogen-bond acceptors (Lipinski definition) is 7. The Labute approximate surface area is 181 Å². The molecule has 3 rings (SSSR count). The first-order chi connectivity index (χ1) is 14.8. The fourth-order valence-electron chi connectivity index (χ4n) is 2.81. The highest BCUT2D eigenvalue weighted by Crippen LogP contribution is 2.14. The molecule has 1 aliphatic heterocycles. The van der Waals surface area contributed by atoms with Gasteiger partial charge in [0.2, 0.25) is 11.1 Å². The molecule has 0 atom stereocenters. The zero-order valence-corrected chi connectivity index (χ0v) is 17.5. The van der Waals surface area contributed by atoms with Crippen LogP contribution in [0.4, 0.5) is 4.79 Å². The Balaban J connectivity index is 1.85. The number of urea groups is 1. The summed E-state index contributed by atoms with van der Waals surface area (Å²) in [6.07, 6.45) is 0. The molecule has 0 aliphatic carbocycles. The number of nitrogens with zero attached hydrogens (tertiary/aromatic N) is 2. The van der Waals surface area contributed by atoms with Gasteiger partial charge in [0, 0.05) is 16.8 Å². The van der Waals surface area contributed by atoms with Crippen LogP contribution in [0.1, 0.15) is 23.1 Å². The van der Waals surface area contributed by atoms with E-state index in [1.54, 1.807) is 38.1 Å². The Morgan fingerprint density at radius 1 is 1.16 bits per heavy atom. The van der Waals surface area contributed by atoms with Crippen molar-refractivity contribution in [2.24, 2.45) is 0 Å². The molecule has 11 heteroatoms. The van der Waals surface area contributed by atoms with E-state index in [9.17, 15) is 19.2 Å². The number of nitrogens with one attached hydrogen (secondary N) is 2. The summed E-state index contributed by atoms with van der Waals surface area (Å²) >= 11 is 5.90. The first-order valence-corrected chi connectivity index (χ1v) is 9.66. The molecule has 0 unspecified atom stereocenters. The number of rotatable bonds is 6. The van der Waals surface area contributed by atoms with E-state index < -0.39 is 35.7 Å². The van der Waals surface area contributed by atoms with Gasteiger partial charge in [-0.15, -0.1) is 0 Å². The Bertz CT molecular complexity index is 1120. The summed E-state index contributed by atoms with van der Waals surface area (Å²) in [5.74, 6) is -1.66. The number of esters is 2. The van der Waals surface area contributed by atoms with E-state index in [1.165, 1.54) is 10.7 Å². The molecule has 1 aromatic heterocycles. The maximum Gasteiger partial charge on any atom is 0.363 e. The molecule has 0 saturated carbocycles. The number of carbonyl (C=O) groups is 3.